The molecule has 0 saturated carbocycles. The predicted octanol–water partition coefficient (Wildman–Crippen LogP) is 3.83. The molecule has 1 aromatic heterocycles. The number of hydrogen-bond donors (Lipinski definition) is 1. The number of rotatable bonds is 2. The maximum absolute atomic E-state index is 12.6. The second-order valence-corrected chi connectivity index (χ2v) is 4.40. The number of aryl methyl sites for hydroxylation is 1. The van der Waals surface area contributed by atoms with Crippen molar-refractivity contribution in [1.29, 1.82) is 0 Å². The molecule has 0 atom stereocenters. The number of alkyl halides is 3. The minimum absolute atomic E-state index is 0.282. The van der Waals surface area contributed by atoms with Gasteiger partial charge in [-0.25, -0.2) is 4.98 Å². The molecule has 0 aliphatic carbocycles. The van der Waals surface area contributed by atoms with E-state index < -0.39 is 12.0 Å². The van der Waals surface area contributed by atoms with Crippen molar-refractivity contribution < 1.29 is 17.9 Å². The summed E-state index contributed by atoms with van der Waals surface area (Å²) < 4.78 is 43.0. The van der Waals surface area contributed by atoms with E-state index in [2.05, 4.69) is 9.97 Å². The van der Waals surface area contributed by atoms with Crippen molar-refractivity contribution in [3.63, 3.8) is 0 Å². The van der Waals surface area contributed by atoms with E-state index in [0.29, 0.717) is 16.3 Å². The van der Waals surface area contributed by atoms with Gasteiger partial charge in [0.25, 0.3) is 0 Å². The highest BCUT2D eigenvalue weighted by Crippen LogP contribution is 2.31. The lowest BCUT2D eigenvalue weighted by Gasteiger charge is -2.11. The fraction of sp³-hybridized carbons (Fsp3) is 0.167. The fourth-order valence-electron chi connectivity index (χ4n) is 1.46. The van der Waals surface area contributed by atoms with E-state index in [0.717, 1.165) is 6.07 Å². The summed E-state index contributed by atoms with van der Waals surface area (Å²) in [5.41, 5.74) is 5.98. The van der Waals surface area contributed by atoms with Crippen LogP contribution in [-0.2, 0) is 6.18 Å². The van der Waals surface area contributed by atoms with Crippen LogP contribution in [0.5, 0.6) is 11.6 Å². The van der Waals surface area contributed by atoms with Gasteiger partial charge in [-0.15, -0.1) is 0 Å². The monoisotopic (exact) mass is 303 g/mol. The zero-order valence-electron chi connectivity index (χ0n) is 10.2. The first-order valence-electron chi connectivity index (χ1n) is 5.41. The van der Waals surface area contributed by atoms with Crippen LogP contribution in [0.15, 0.2) is 24.3 Å². The molecule has 0 bridgehead atoms. The van der Waals surface area contributed by atoms with E-state index in [1.807, 2.05) is 0 Å². The van der Waals surface area contributed by atoms with Gasteiger partial charge in [0.05, 0.1) is 0 Å². The van der Waals surface area contributed by atoms with E-state index in [9.17, 15) is 13.2 Å². The summed E-state index contributed by atoms with van der Waals surface area (Å²) in [5.74, 6) is -1.62. The Morgan fingerprint density at radius 2 is 1.90 bits per heavy atom. The number of benzene rings is 1. The SMILES string of the molecule is Cc1cc(Cl)ccc1Oc1cc(N)nc(C(F)(F)F)n1. The number of hydrogen-bond acceptors (Lipinski definition) is 4. The quantitative estimate of drug-likeness (QED) is 0.916. The van der Waals surface area contributed by atoms with Crippen molar-refractivity contribution in [1.82, 2.24) is 9.97 Å². The third-order valence-electron chi connectivity index (χ3n) is 2.33. The molecule has 0 aliphatic rings. The maximum atomic E-state index is 12.6. The zero-order chi connectivity index (χ0) is 14.9. The molecule has 1 aromatic carbocycles. The molecule has 106 valence electrons. The van der Waals surface area contributed by atoms with Gasteiger partial charge in [-0.2, -0.15) is 18.2 Å². The van der Waals surface area contributed by atoms with Gasteiger partial charge >= 0.3 is 6.18 Å². The van der Waals surface area contributed by atoms with E-state index in [1.165, 1.54) is 6.07 Å². The van der Waals surface area contributed by atoms with E-state index in [-0.39, 0.29) is 11.7 Å². The summed E-state index contributed by atoms with van der Waals surface area (Å²) in [4.78, 5) is 6.42. The van der Waals surface area contributed by atoms with Gasteiger partial charge in [-0.05, 0) is 30.7 Å². The molecule has 0 spiro atoms. The molecule has 2 aromatic rings. The van der Waals surface area contributed by atoms with Crippen LogP contribution in [0.2, 0.25) is 5.02 Å². The second-order valence-electron chi connectivity index (χ2n) is 3.96. The van der Waals surface area contributed by atoms with Gasteiger partial charge in [-0.3, -0.25) is 0 Å². The van der Waals surface area contributed by atoms with Gasteiger partial charge in [0, 0.05) is 11.1 Å². The minimum atomic E-state index is -4.69. The Labute approximate surface area is 117 Å². The fourth-order valence-corrected chi connectivity index (χ4v) is 1.69. The first-order chi connectivity index (χ1) is 9.25. The number of nitrogens with two attached hydrogens (primary N) is 1. The number of nitrogen functional groups attached to an aromatic ring is 1. The maximum Gasteiger partial charge on any atom is 0.451 e. The Kier molecular flexibility index (Phi) is 3.71. The van der Waals surface area contributed by atoms with Crippen LogP contribution in [0, 0.1) is 6.92 Å². The number of ether oxygens (including phenoxy) is 1. The van der Waals surface area contributed by atoms with Gasteiger partial charge in [0.2, 0.25) is 11.7 Å². The van der Waals surface area contributed by atoms with Crippen molar-refractivity contribution in [3.05, 3.63) is 40.7 Å². The van der Waals surface area contributed by atoms with Crippen LogP contribution in [-0.4, -0.2) is 9.97 Å². The van der Waals surface area contributed by atoms with Gasteiger partial charge in [0.15, 0.2) is 0 Å². The summed E-state index contributed by atoms with van der Waals surface area (Å²) in [5, 5.41) is 0.494. The highest BCUT2D eigenvalue weighted by molar-refractivity contribution is 6.30. The third-order valence-corrected chi connectivity index (χ3v) is 2.56. The predicted molar refractivity (Wildman–Crippen MR) is 67.7 cm³/mol. The number of anilines is 1. The van der Waals surface area contributed by atoms with Crippen molar-refractivity contribution in [3.8, 4) is 11.6 Å². The molecule has 2 rings (SSSR count). The molecule has 2 N–H and O–H groups in total. The summed E-state index contributed by atoms with van der Waals surface area (Å²) in [6.07, 6.45) is -4.69. The zero-order valence-corrected chi connectivity index (χ0v) is 11.0. The second kappa shape index (κ2) is 5.16. The van der Waals surface area contributed by atoms with Crippen LogP contribution < -0.4 is 10.5 Å². The molecule has 0 fully saturated rings. The Morgan fingerprint density at radius 1 is 1.20 bits per heavy atom. The van der Waals surface area contributed by atoms with E-state index in [4.69, 9.17) is 22.1 Å². The van der Waals surface area contributed by atoms with Crippen LogP contribution >= 0.6 is 11.6 Å². The third kappa shape index (κ3) is 3.30. The molecule has 1 heterocycles. The number of nitrogens with zero attached hydrogens (tertiary/aromatic N) is 2. The lowest BCUT2D eigenvalue weighted by Crippen LogP contribution is -2.12. The Morgan fingerprint density at radius 3 is 2.50 bits per heavy atom. The summed E-state index contributed by atoms with van der Waals surface area (Å²) in [6.45, 7) is 1.70. The summed E-state index contributed by atoms with van der Waals surface area (Å²) in [7, 11) is 0. The molecule has 0 unspecified atom stereocenters. The van der Waals surface area contributed by atoms with Crippen molar-refractivity contribution in [2.45, 2.75) is 13.1 Å². The van der Waals surface area contributed by atoms with Crippen LogP contribution in [0.4, 0.5) is 19.0 Å². The Hall–Kier alpha value is -2.02. The average molecular weight is 304 g/mol. The first-order valence-corrected chi connectivity index (χ1v) is 5.79. The van der Waals surface area contributed by atoms with Crippen molar-refractivity contribution in [2.75, 3.05) is 5.73 Å². The average Bonchev–Trinajstić information content (AvgIpc) is 2.31. The lowest BCUT2D eigenvalue weighted by molar-refractivity contribution is -0.145. The van der Waals surface area contributed by atoms with Gasteiger partial charge in [-0.1, -0.05) is 11.6 Å². The van der Waals surface area contributed by atoms with Crippen molar-refractivity contribution >= 4 is 17.4 Å². The standard InChI is InChI=1S/C12H9ClF3N3O/c1-6-4-7(13)2-3-8(6)20-10-5-9(17)18-11(19-10)12(14,15)16/h2-5H,1H3,(H2,17,18,19). The largest absolute Gasteiger partial charge is 0.451 e. The molecule has 0 radical (unpaired) electrons. The van der Waals surface area contributed by atoms with E-state index >= 15 is 0 Å². The Bertz CT molecular complexity index is 646. The molecular weight excluding hydrogens is 295 g/mol. The van der Waals surface area contributed by atoms with Crippen LogP contribution in [0.3, 0.4) is 0 Å². The summed E-state index contributed by atoms with van der Waals surface area (Å²) in [6, 6.07) is 5.82. The normalized spacial score (nSPS) is 11.4. The molecule has 20 heavy (non-hydrogen) atoms. The number of halogens is 4. The summed E-state index contributed by atoms with van der Waals surface area (Å²) >= 11 is 5.78. The first kappa shape index (κ1) is 14.4. The molecular formula is C12H9ClF3N3O. The highest BCUT2D eigenvalue weighted by atomic mass is 35.5. The Balaban J connectivity index is 2.36. The minimum Gasteiger partial charge on any atom is -0.439 e. The van der Waals surface area contributed by atoms with E-state index in [1.54, 1.807) is 19.1 Å². The molecule has 4 nitrogen and oxygen atoms in total. The van der Waals surface area contributed by atoms with Gasteiger partial charge in [0.1, 0.15) is 11.6 Å². The smallest absolute Gasteiger partial charge is 0.439 e. The molecule has 0 saturated heterocycles. The van der Waals surface area contributed by atoms with Crippen LogP contribution in [0.1, 0.15) is 11.4 Å². The number of aromatic nitrogens is 2. The van der Waals surface area contributed by atoms with Crippen LogP contribution in [0.25, 0.3) is 0 Å². The molecule has 0 amide bonds. The topological polar surface area (TPSA) is 61.0 Å². The van der Waals surface area contributed by atoms with Crippen molar-refractivity contribution in [2.24, 2.45) is 0 Å². The molecule has 0 aliphatic heterocycles. The lowest BCUT2D eigenvalue weighted by atomic mass is 10.2. The molecule has 8 heteroatoms. The highest BCUT2D eigenvalue weighted by Gasteiger charge is 2.35. The van der Waals surface area contributed by atoms with Gasteiger partial charge < -0.3 is 10.5 Å².